The van der Waals surface area contributed by atoms with Crippen LogP contribution in [0.3, 0.4) is 0 Å². The van der Waals surface area contributed by atoms with E-state index in [0.29, 0.717) is 0 Å². The van der Waals surface area contributed by atoms with Gasteiger partial charge in [-0.05, 0) is 62.8 Å². The zero-order valence-corrected chi connectivity index (χ0v) is 25.4. The zero-order chi connectivity index (χ0) is 28.4. The molecule has 6 nitrogen and oxygen atoms in total. The van der Waals surface area contributed by atoms with Crippen molar-refractivity contribution in [1.82, 2.24) is 19.1 Å². The highest BCUT2D eigenvalue weighted by molar-refractivity contribution is 5.77. The minimum absolute atomic E-state index is 0.903. The van der Waals surface area contributed by atoms with Crippen LogP contribution >= 0.6 is 0 Å². The number of para-hydroxylation sites is 2. The Morgan fingerprint density at radius 3 is 1.43 bits per heavy atom. The van der Waals surface area contributed by atoms with Crippen molar-refractivity contribution in [2.75, 3.05) is 13.1 Å². The molecule has 2 aromatic heterocycles. The SMILES string of the molecule is c1ccc2c(=NCCCCCCCCN=c3c4ccccc4nc4n3CCCCCC4)n3c(nc2c1)CCCCCC3. The Bertz CT molecular complexity index is 1490. The molecule has 0 bridgehead atoms. The number of hydrogen-bond acceptors (Lipinski definition) is 4. The number of aryl methyl sites for hydroxylation is 2. The van der Waals surface area contributed by atoms with Crippen LogP contribution < -0.4 is 11.0 Å². The first kappa shape index (κ1) is 28.8. The standard InChI is InChI=1S/C36H48N6/c1(5-15-25-37-35-29-19-11-13-21-31(29)39-33-23-9-3-7-17-27-41(33)35)2-6-16-26-38-36-30-20-12-14-22-32(30)40-34-24-10-4-8-18-28-42(34)36/h11-14,19-22H,1-10,15-18,23-28H2. The monoisotopic (exact) mass is 564 g/mol. The average Bonchev–Trinajstić information content (AvgIpc) is 2.99. The lowest BCUT2D eigenvalue weighted by molar-refractivity contribution is 0.493. The van der Waals surface area contributed by atoms with Crippen molar-refractivity contribution in [3.63, 3.8) is 0 Å². The average molecular weight is 565 g/mol. The van der Waals surface area contributed by atoms with Crippen molar-refractivity contribution in [2.24, 2.45) is 9.98 Å². The third-order valence-corrected chi connectivity index (χ3v) is 9.08. The van der Waals surface area contributed by atoms with Gasteiger partial charge in [-0.1, -0.05) is 75.6 Å². The van der Waals surface area contributed by atoms with Gasteiger partial charge in [-0.2, -0.15) is 0 Å². The molecule has 0 fully saturated rings. The molecule has 0 radical (unpaired) electrons. The highest BCUT2D eigenvalue weighted by Gasteiger charge is 2.13. The summed E-state index contributed by atoms with van der Waals surface area (Å²) in [7, 11) is 0. The Morgan fingerprint density at radius 1 is 0.500 bits per heavy atom. The molecule has 4 heterocycles. The molecular formula is C36H48N6. The van der Waals surface area contributed by atoms with Crippen LogP contribution in [0.5, 0.6) is 0 Å². The number of benzene rings is 2. The topological polar surface area (TPSA) is 60.4 Å². The van der Waals surface area contributed by atoms with Crippen LogP contribution in [0.25, 0.3) is 21.8 Å². The van der Waals surface area contributed by atoms with Gasteiger partial charge < -0.3 is 9.13 Å². The van der Waals surface area contributed by atoms with Crippen LogP contribution in [0.1, 0.15) is 102 Å². The zero-order valence-electron chi connectivity index (χ0n) is 25.4. The van der Waals surface area contributed by atoms with Crippen molar-refractivity contribution in [2.45, 2.75) is 116 Å². The van der Waals surface area contributed by atoms with E-state index in [1.165, 1.54) is 99.5 Å². The van der Waals surface area contributed by atoms with E-state index < -0.39 is 0 Å². The molecule has 0 aliphatic carbocycles. The molecule has 0 spiro atoms. The molecule has 6 rings (SSSR count). The van der Waals surface area contributed by atoms with Gasteiger partial charge in [0.1, 0.15) is 22.6 Å². The number of hydrogen-bond donors (Lipinski definition) is 0. The van der Waals surface area contributed by atoms with E-state index in [4.69, 9.17) is 20.0 Å². The molecule has 2 aliphatic heterocycles. The molecule has 2 aliphatic rings. The first-order valence-electron chi connectivity index (χ1n) is 16.9. The van der Waals surface area contributed by atoms with Gasteiger partial charge in [0, 0.05) is 49.8 Å². The molecule has 42 heavy (non-hydrogen) atoms. The van der Waals surface area contributed by atoms with Gasteiger partial charge in [0.2, 0.25) is 0 Å². The molecule has 0 saturated heterocycles. The molecule has 0 saturated carbocycles. The van der Waals surface area contributed by atoms with Crippen LogP contribution in [0.15, 0.2) is 58.5 Å². The lowest BCUT2D eigenvalue weighted by Gasteiger charge is -2.18. The van der Waals surface area contributed by atoms with E-state index in [0.717, 1.165) is 73.9 Å². The summed E-state index contributed by atoms with van der Waals surface area (Å²) in [6, 6.07) is 17.1. The van der Waals surface area contributed by atoms with Gasteiger partial charge in [-0.15, -0.1) is 0 Å². The summed E-state index contributed by atoms with van der Waals surface area (Å²) in [5, 5.41) is 2.41. The summed E-state index contributed by atoms with van der Waals surface area (Å²) in [6.07, 6.45) is 19.7. The van der Waals surface area contributed by atoms with Crippen molar-refractivity contribution in [3.8, 4) is 0 Å². The fourth-order valence-electron chi connectivity index (χ4n) is 6.76. The Balaban J connectivity index is 1.02. The van der Waals surface area contributed by atoms with Gasteiger partial charge in [-0.25, -0.2) is 9.97 Å². The minimum Gasteiger partial charge on any atom is -0.314 e. The Kier molecular flexibility index (Phi) is 10.1. The summed E-state index contributed by atoms with van der Waals surface area (Å²) in [4.78, 5) is 20.4. The molecule has 0 unspecified atom stereocenters. The number of fused-ring (bicyclic) bond motifs is 4. The second-order valence-electron chi connectivity index (χ2n) is 12.3. The molecule has 0 amide bonds. The van der Waals surface area contributed by atoms with E-state index >= 15 is 0 Å². The van der Waals surface area contributed by atoms with Crippen molar-refractivity contribution in [3.05, 3.63) is 71.2 Å². The van der Waals surface area contributed by atoms with Crippen LogP contribution in [-0.4, -0.2) is 32.2 Å². The molecule has 2 aromatic carbocycles. The van der Waals surface area contributed by atoms with Crippen molar-refractivity contribution < 1.29 is 0 Å². The first-order chi connectivity index (χ1) is 20.9. The number of aromatic nitrogens is 4. The summed E-state index contributed by atoms with van der Waals surface area (Å²) < 4.78 is 4.85. The van der Waals surface area contributed by atoms with E-state index in [2.05, 4.69) is 57.7 Å². The van der Waals surface area contributed by atoms with Crippen molar-refractivity contribution >= 4 is 21.8 Å². The summed E-state index contributed by atoms with van der Waals surface area (Å²) in [5.74, 6) is 2.45. The molecule has 0 atom stereocenters. The fraction of sp³-hybridized carbons (Fsp3) is 0.556. The largest absolute Gasteiger partial charge is 0.314 e. The highest BCUT2D eigenvalue weighted by atomic mass is 15.1. The third-order valence-electron chi connectivity index (χ3n) is 9.08. The molecule has 6 heteroatoms. The number of unbranched alkanes of at least 4 members (excludes halogenated alkanes) is 5. The smallest absolute Gasteiger partial charge is 0.138 e. The summed E-state index contributed by atoms with van der Waals surface area (Å²) >= 11 is 0. The fourth-order valence-corrected chi connectivity index (χ4v) is 6.76. The lowest BCUT2D eigenvalue weighted by Crippen LogP contribution is -2.28. The van der Waals surface area contributed by atoms with E-state index in [1.54, 1.807) is 0 Å². The predicted molar refractivity (Wildman–Crippen MR) is 172 cm³/mol. The van der Waals surface area contributed by atoms with Gasteiger partial charge in [0.15, 0.2) is 0 Å². The van der Waals surface area contributed by atoms with E-state index in [1.807, 2.05) is 0 Å². The van der Waals surface area contributed by atoms with Crippen LogP contribution in [-0.2, 0) is 25.9 Å². The Morgan fingerprint density at radius 2 is 0.929 bits per heavy atom. The minimum atomic E-state index is 0.903. The maximum atomic E-state index is 5.17. The summed E-state index contributed by atoms with van der Waals surface area (Å²) in [6.45, 7) is 3.90. The molecule has 0 N–H and O–H groups in total. The molecular weight excluding hydrogens is 516 g/mol. The quantitative estimate of drug-likeness (QED) is 0.198. The maximum absolute atomic E-state index is 5.17. The Labute approximate surface area is 250 Å². The highest BCUT2D eigenvalue weighted by Crippen LogP contribution is 2.17. The normalized spacial score (nSPS) is 17.0. The maximum Gasteiger partial charge on any atom is 0.138 e. The van der Waals surface area contributed by atoms with Crippen LogP contribution in [0, 0.1) is 0 Å². The predicted octanol–water partition coefficient (Wildman–Crippen LogP) is 7.46. The van der Waals surface area contributed by atoms with E-state index in [-0.39, 0.29) is 0 Å². The number of nitrogens with zero attached hydrogens (tertiary/aromatic N) is 6. The second-order valence-corrected chi connectivity index (χ2v) is 12.3. The van der Waals surface area contributed by atoms with Crippen LogP contribution in [0.4, 0.5) is 0 Å². The molecule has 222 valence electrons. The lowest BCUT2D eigenvalue weighted by atomic mass is 10.1. The van der Waals surface area contributed by atoms with Gasteiger partial charge in [-0.3, -0.25) is 9.98 Å². The Hall–Kier alpha value is -3.28. The number of rotatable bonds is 9. The van der Waals surface area contributed by atoms with Crippen LogP contribution in [0.2, 0.25) is 0 Å². The van der Waals surface area contributed by atoms with Gasteiger partial charge in [0.05, 0.1) is 11.0 Å². The summed E-state index contributed by atoms with van der Waals surface area (Å²) in [5.41, 5.74) is 4.51. The van der Waals surface area contributed by atoms with E-state index in [9.17, 15) is 0 Å². The van der Waals surface area contributed by atoms with Crippen molar-refractivity contribution in [1.29, 1.82) is 0 Å². The van der Waals surface area contributed by atoms with Gasteiger partial charge >= 0.3 is 0 Å². The molecule has 4 aromatic rings. The first-order valence-corrected chi connectivity index (χ1v) is 16.9. The third kappa shape index (κ3) is 7.02. The second kappa shape index (κ2) is 14.8. The van der Waals surface area contributed by atoms with Gasteiger partial charge in [0.25, 0.3) is 0 Å².